The Balaban J connectivity index is 1.68. The van der Waals surface area contributed by atoms with Crippen molar-refractivity contribution in [1.82, 2.24) is 10.2 Å². The first-order valence-electron chi connectivity index (χ1n) is 7.61. The number of nitrogens with one attached hydrogen (secondary N) is 1. The second kappa shape index (κ2) is 7.82. The molecular formula is C14H27N3O2. The highest BCUT2D eigenvalue weighted by Crippen LogP contribution is 2.20. The maximum atomic E-state index is 11.9. The van der Waals surface area contributed by atoms with Gasteiger partial charge in [0.1, 0.15) is 0 Å². The maximum Gasteiger partial charge on any atom is 0.224 e. The standard InChI is InChI=1S/C14H27N3O2/c15-6-7-16-14(18)12-3-1-8-17(11-12)9-5-13-4-2-10-19-13/h12-13H,1-11,15H2,(H,16,18). The SMILES string of the molecule is NCCNC(=O)C1CCCN(CCC2CCCO2)C1. The van der Waals surface area contributed by atoms with Gasteiger partial charge in [0, 0.05) is 32.8 Å². The fourth-order valence-electron chi connectivity index (χ4n) is 3.01. The van der Waals surface area contributed by atoms with E-state index >= 15 is 0 Å². The smallest absolute Gasteiger partial charge is 0.224 e. The number of nitrogens with two attached hydrogens (primary N) is 1. The van der Waals surface area contributed by atoms with Gasteiger partial charge in [0.2, 0.25) is 5.91 Å². The van der Waals surface area contributed by atoms with E-state index in [1.165, 1.54) is 12.8 Å². The molecular weight excluding hydrogens is 242 g/mol. The molecule has 0 aromatic rings. The molecule has 2 unspecified atom stereocenters. The second-order valence-electron chi connectivity index (χ2n) is 5.64. The van der Waals surface area contributed by atoms with Crippen molar-refractivity contribution in [1.29, 1.82) is 0 Å². The highest BCUT2D eigenvalue weighted by atomic mass is 16.5. The van der Waals surface area contributed by atoms with Crippen LogP contribution in [0.15, 0.2) is 0 Å². The van der Waals surface area contributed by atoms with E-state index in [1.54, 1.807) is 0 Å². The summed E-state index contributed by atoms with van der Waals surface area (Å²) in [4.78, 5) is 14.4. The fourth-order valence-corrected chi connectivity index (χ4v) is 3.01. The average Bonchev–Trinajstić information content (AvgIpc) is 2.96. The zero-order valence-corrected chi connectivity index (χ0v) is 11.8. The Morgan fingerprint density at radius 3 is 3.00 bits per heavy atom. The molecule has 2 rings (SSSR count). The van der Waals surface area contributed by atoms with Crippen molar-refractivity contribution in [2.45, 2.75) is 38.2 Å². The molecule has 19 heavy (non-hydrogen) atoms. The first-order valence-corrected chi connectivity index (χ1v) is 7.61. The lowest BCUT2D eigenvalue weighted by Gasteiger charge is -2.32. The van der Waals surface area contributed by atoms with Gasteiger partial charge in [0.15, 0.2) is 0 Å². The molecule has 0 radical (unpaired) electrons. The van der Waals surface area contributed by atoms with Crippen molar-refractivity contribution < 1.29 is 9.53 Å². The van der Waals surface area contributed by atoms with Crippen LogP contribution in [0.1, 0.15) is 32.1 Å². The number of likely N-dealkylation sites (tertiary alicyclic amines) is 1. The van der Waals surface area contributed by atoms with Crippen LogP contribution in [0.5, 0.6) is 0 Å². The summed E-state index contributed by atoms with van der Waals surface area (Å²) < 4.78 is 5.65. The van der Waals surface area contributed by atoms with Crippen molar-refractivity contribution in [3.8, 4) is 0 Å². The molecule has 2 saturated heterocycles. The summed E-state index contributed by atoms with van der Waals surface area (Å²) in [6.45, 7) is 5.10. The van der Waals surface area contributed by atoms with Crippen molar-refractivity contribution in [3.63, 3.8) is 0 Å². The van der Waals surface area contributed by atoms with E-state index in [0.29, 0.717) is 19.2 Å². The van der Waals surface area contributed by atoms with Gasteiger partial charge < -0.3 is 20.7 Å². The molecule has 0 aromatic heterocycles. The number of nitrogens with zero attached hydrogens (tertiary/aromatic N) is 1. The first-order chi connectivity index (χ1) is 9.29. The van der Waals surface area contributed by atoms with Crippen LogP contribution in [-0.2, 0) is 9.53 Å². The van der Waals surface area contributed by atoms with Crippen molar-refractivity contribution in [3.05, 3.63) is 0 Å². The highest BCUT2D eigenvalue weighted by Gasteiger charge is 2.26. The molecule has 0 bridgehead atoms. The molecule has 2 fully saturated rings. The largest absolute Gasteiger partial charge is 0.378 e. The molecule has 110 valence electrons. The lowest BCUT2D eigenvalue weighted by Crippen LogP contribution is -2.44. The number of carbonyl (C=O) groups is 1. The van der Waals surface area contributed by atoms with E-state index in [-0.39, 0.29) is 11.8 Å². The Bertz CT molecular complexity index is 280. The molecule has 2 atom stereocenters. The molecule has 1 amide bonds. The van der Waals surface area contributed by atoms with Gasteiger partial charge in [0.25, 0.3) is 0 Å². The maximum absolute atomic E-state index is 11.9. The van der Waals surface area contributed by atoms with Crippen LogP contribution >= 0.6 is 0 Å². The number of rotatable bonds is 6. The minimum atomic E-state index is 0.143. The van der Waals surface area contributed by atoms with Crippen LogP contribution in [-0.4, -0.2) is 56.2 Å². The van der Waals surface area contributed by atoms with Crippen LogP contribution < -0.4 is 11.1 Å². The number of carbonyl (C=O) groups excluding carboxylic acids is 1. The molecule has 0 spiro atoms. The molecule has 2 aliphatic rings. The summed E-state index contributed by atoms with van der Waals surface area (Å²) in [5.41, 5.74) is 5.41. The Morgan fingerprint density at radius 2 is 2.26 bits per heavy atom. The van der Waals surface area contributed by atoms with Crippen molar-refractivity contribution in [2.24, 2.45) is 11.7 Å². The van der Waals surface area contributed by atoms with E-state index in [4.69, 9.17) is 10.5 Å². The van der Waals surface area contributed by atoms with Gasteiger partial charge in [-0.05, 0) is 38.6 Å². The number of hydrogen-bond donors (Lipinski definition) is 2. The Morgan fingerprint density at radius 1 is 1.37 bits per heavy atom. The van der Waals surface area contributed by atoms with E-state index in [1.807, 2.05) is 0 Å². The van der Waals surface area contributed by atoms with Crippen LogP contribution in [0.4, 0.5) is 0 Å². The van der Waals surface area contributed by atoms with Gasteiger partial charge in [-0.2, -0.15) is 0 Å². The van der Waals surface area contributed by atoms with Crippen molar-refractivity contribution >= 4 is 5.91 Å². The number of ether oxygens (including phenoxy) is 1. The van der Waals surface area contributed by atoms with Crippen LogP contribution in [0.2, 0.25) is 0 Å². The molecule has 5 nitrogen and oxygen atoms in total. The van der Waals surface area contributed by atoms with E-state index in [0.717, 1.165) is 45.5 Å². The molecule has 2 heterocycles. The molecule has 0 aliphatic carbocycles. The topological polar surface area (TPSA) is 67.6 Å². The normalized spacial score (nSPS) is 28.5. The Hall–Kier alpha value is -0.650. The second-order valence-corrected chi connectivity index (χ2v) is 5.64. The van der Waals surface area contributed by atoms with Gasteiger partial charge in [-0.15, -0.1) is 0 Å². The van der Waals surface area contributed by atoms with E-state index in [9.17, 15) is 4.79 Å². The fraction of sp³-hybridized carbons (Fsp3) is 0.929. The van der Waals surface area contributed by atoms with Gasteiger partial charge >= 0.3 is 0 Å². The summed E-state index contributed by atoms with van der Waals surface area (Å²) >= 11 is 0. The first kappa shape index (κ1) is 14.8. The number of piperidine rings is 1. The third-order valence-corrected chi connectivity index (χ3v) is 4.11. The summed E-state index contributed by atoms with van der Waals surface area (Å²) in [6.07, 6.45) is 6.09. The molecule has 5 heteroatoms. The van der Waals surface area contributed by atoms with Crippen LogP contribution in [0, 0.1) is 5.92 Å². The van der Waals surface area contributed by atoms with E-state index in [2.05, 4.69) is 10.2 Å². The molecule has 0 saturated carbocycles. The summed E-state index contributed by atoms with van der Waals surface area (Å²) in [5, 5.41) is 2.90. The number of amides is 1. The third-order valence-electron chi connectivity index (χ3n) is 4.11. The zero-order valence-electron chi connectivity index (χ0n) is 11.8. The van der Waals surface area contributed by atoms with Crippen LogP contribution in [0.3, 0.4) is 0 Å². The number of hydrogen-bond acceptors (Lipinski definition) is 4. The summed E-state index contributed by atoms with van der Waals surface area (Å²) in [5.74, 6) is 0.317. The Kier molecular flexibility index (Phi) is 6.07. The molecule has 0 aromatic carbocycles. The highest BCUT2D eigenvalue weighted by molar-refractivity contribution is 5.78. The summed E-state index contributed by atoms with van der Waals surface area (Å²) in [7, 11) is 0. The minimum Gasteiger partial charge on any atom is -0.378 e. The quantitative estimate of drug-likeness (QED) is 0.730. The average molecular weight is 269 g/mol. The third kappa shape index (κ3) is 4.75. The van der Waals surface area contributed by atoms with Crippen molar-refractivity contribution in [2.75, 3.05) is 39.3 Å². The van der Waals surface area contributed by atoms with Gasteiger partial charge in [-0.3, -0.25) is 4.79 Å². The Labute approximate surface area is 115 Å². The lowest BCUT2D eigenvalue weighted by molar-refractivity contribution is -0.126. The molecule has 3 N–H and O–H groups in total. The van der Waals surface area contributed by atoms with E-state index < -0.39 is 0 Å². The monoisotopic (exact) mass is 269 g/mol. The molecule has 2 aliphatic heterocycles. The van der Waals surface area contributed by atoms with Gasteiger partial charge in [-0.25, -0.2) is 0 Å². The lowest BCUT2D eigenvalue weighted by atomic mass is 9.96. The van der Waals surface area contributed by atoms with Crippen LogP contribution in [0.25, 0.3) is 0 Å². The van der Waals surface area contributed by atoms with Gasteiger partial charge in [-0.1, -0.05) is 0 Å². The predicted octanol–water partition coefficient (Wildman–Crippen LogP) is 0.342. The van der Waals surface area contributed by atoms with Gasteiger partial charge in [0.05, 0.1) is 12.0 Å². The predicted molar refractivity (Wildman–Crippen MR) is 74.8 cm³/mol. The zero-order chi connectivity index (χ0) is 13.5. The summed E-state index contributed by atoms with van der Waals surface area (Å²) in [6, 6.07) is 0. The minimum absolute atomic E-state index is 0.143.